The number of nitrogens with one attached hydrogen (secondary N) is 1. The summed E-state index contributed by atoms with van der Waals surface area (Å²) in [4.78, 5) is 1.38. The van der Waals surface area contributed by atoms with E-state index in [2.05, 4.69) is 35.1 Å². The largest absolute Gasteiger partial charge is 0.310 e. The van der Waals surface area contributed by atoms with E-state index in [0.29, 0.717) is 21.3 Å². The highest BCUT2D eigenvalue weighted by atomic mass is 79.9. The van der Waals surface area contributed by atoms with Crippen LogP contribution in [-0.4, -0.2) is 31.9 Å². The lowest BCUT2D eigenvalue weighted by atomic mass is 10.3. The van der Waals surface area contributed by atoms with Gasteiger partial charge in [0.1, 0.15) is 4.90 Å². The second kappa shape index (κ2) is 7.35. The summed E-state index contributed by atoms with van der Waals surface area (Å²) in [5.74, 6) is 0. The van der Waals surface area contributed by atoms with Crippen molar-refractivity contribution in [2.75, 3.05) is 7.05 Å². The SMILES string of the molecule is CCC(C)N(C)S(=O)(=O)c1cc(CNC(C)C)sc1Br. The van der Waals surface area contributed by atoms with E-state index in [1.807, 2.05) is 13.8 Å². The van der Waals surface area contributed by atoms with E-state index in [1.165, 1.54) is 15.6 Å². The van der Waals surface area contributed by atoms with Gasteiger partial charge in [0.2, 0.25) is 10.0 Å². The molecule has 0 saturated carbocycles. The minimum atomic E-state index is -3.43. The van der Waals surface area contributed by atoms with Gasteiger partial charge >= 0.3 is 0 Å². The molecule has 0 radical (unpaired) electrons. The normalized spacial score (nSPS) is 14.2. The van der Waals surface area contributed by atoms with E-state index >= 15 is 0 Å². The molecule has 0 fully saturated rings. The summed E-state index contributed by atoms with van der Waals surface area (Å²) in [6, 6.07) is 2.13. The summed E-state index contributed by atoms with van der Waals surface area (Å²) in [6.07, 6.45) is 0.791. The van der Waals surface area contributed by atoms with Gasteiger partial charge in [-0.3, -0.25) is 0 Å². The van der Waals surface area contributed by atoms with Gasteiger partial charge < -0.3 is 5.32 Å². The molecule has 1 aromatic heterocycles. The van der Waals surface area contributed by atoms with Crippen LogP contribution in [0.15, 0.2) is 14.7 Å². The average molecular weight is 383 g/mol. The van der Waals surface area contributed by atoms with Gasteiger partial charge in [-0.25, -0.2) is 8.42 Å². The molecule has 0 spiro atoms. The topological polar surface area (TPSA) is 49.4 Å². The molecule has 1 heterocycles. The highest BCUT2D eigenvalue weighted by molar-refractivity contribution is 9.11. The van der Waals surface area contributed by atoms with Crippen molar-refractivity contribution in [3.8, 4) is 0 Å². The third kappa shape index (κ3) is 4.27. The van der Waals surface area contributed by atoms with Crippen molar-refractivity contribution in [2.24, 2.45) is 0 Å². The van der Waals surface area contributed by atoms with Gasteiger partial charge in [-0.1, -0.05) is 20.8 Å². The summed E-state index contributed by atoms with van der Waals surface area (Å²) in [5, 5.41) is 3.30. The number of halogens is 1. The maximum Gasteiger partial charge on any atom is 0.245 e. The van der Waals surface area contributed by atoms with Gasteiger partial charge in [-0.05, 0) is 35.3 Å². The fraction of sp³-hybridized carbons (Fsp3) is 0.692. The Hall–Kier alpha value is 0.0500. The first-order valence-electron chi connectivity index (χ1n) is 6.69. The fourth-order valence-corrected chi connectivity index (χ4v) is 5.63. The van der Waals surface area contributed by atoms with Crippen molar-refractivity contribution in [2.45, 2.75) is 57.6 Å². The molecule has 0 aliphatic heterocycles. The minimum absolute atomic E-state index is 0.0101. The molecule has 0 saturated heterocycles. The summed E-state index contributed by atoms with van der Waals surface area (Å²) in [6.45, 7) is 8.72. The van der Waals surface area contributed by atoms with E-state index in [-0.39, 0.29) is 6.04 Å². The minimum Gasteiger partial charge on any atom is -0.310 e. The van der Waals surface area contributed by atoms with Gasteiger partial charge in [-0.2, -0.15) is 4.31 Å². The average Bonchev–Trinajstić information content (AvgIpc) is 2.76. The summed E-state index contributed by atoms with van der Waals surface area (Å²) >= 11 is 4.85. The van der Waals surface area contributed by atoms with Gasteiger partial charge in [0.15, 0.2) is 0 Å². The Bertz CT molecular complexity index is 541. The van der Waals surface area contributed by atoms with Crippen molar-refractivity contribution in [3.63, 3.8) is 0 Å². The molecule has 0 bridgehead atoms. The number of rotatable bonds is 7. The first-order valence-corrected chi connectivity index (χ1v) is 9.74. The van der Waals surface area contributed by atoms with E-state index in [4.69, 9.17) is 0 Å². The molecule has 0 aromatic carbocycles. The Morgan fingerprint density at radius 3 is 2.50 bits per heavy atom. The Morgan fingerprint density at radius 1 is 1.40 bits per heavy atom. The number of hydrogen-bond donors (Lipinski definition) is 1. The quantitative estimate of drug-likeness (QED) is 0.785. The molecule has 20 heavy (non-hydrogen) atoms. The molecular formula is C13H23BrN2O2S2. The van der Waals surface area contributed by atoms with Crippen molar-refractivity contribution >= 4 is 37.3 Å². The second-order valence-electron chi connectivity index (χ2n) is 5.16. The van der Waals surface area contributed by atoms with Gasteiger partial charge in [0, 0.05) is 30.6 Å². The van der Waals surface area contributed by atoms with E-state index < -0.39 is 10.0 Å². The lowest BCUT2D eigenvalue weighted by Crippen LogP contribution is -2.34. The smallest absolute Gasteiger partial charge is 0.245 e. The van der Waals surface area contributed by atoms with Crippen LogP contribution in [0.2, 0.25) is 0 Å². The van der Waals surface area contributed by atoms with Crippen LogP contribution >= 0.6 is 27.3 Å². The third-order valence-corrected chi connectivity index (χ3v) is 7.48. The maximum absolute atomic E-state index is 12.6. The number of nitrogens with zero attached hydrogens (tertiary/aromatic N) is 1. The fourth-order valence-electron chi connectivity index (χ4n) is 1.61. The first-order chi connectivity index (χ1) is 9.20. The number of hydrogen-bond acceptors (Lipinski definition) is 4. The Labute approximate surface area is 134 Å². The zero-order chi connectivity index (χ0) is 15.5. The molecule has 7 heteroatoms. The van der Waals surface area contributed by atoms with Gasteiger partial charge in [0.05, 0.1) is 3.79 Å². The van der Waals surface area contributed by atoms with Crippen LogP contribution in [0, 0.1) is 0 Å². The van der Waals surface area contributed by atoms with Gasteiger partial charge in [-0.15, -0.1) is 11.3 Å². The third-order valence-electron chi connectivity index (χ3n) is 3.26. The summed E-state index contributed by atoms with van der Waals surface area (Å²) in [7, 11) is -1.79. The maximum atomic E-state index is 12.6. The van der Waals surface area contributed by atoms with Crippen molar-refractivity contribution in [3.05, 3.63) is 14.7 Å². The molecule has 1 unspecified atom stereocenters. The molecule has 0 aliphatic carbocycles. The molecule has 0 amide bonds. The highest BCUT2D eigenvalue weighted by Gasteiger charge is 2.28. The Morgan fingerprint density at radius 2 is 2.00 bits per heavy atom. The number of sulfonamides is 1. The van der Waals surface area contributed by atoms with Crippen LogP contribution in [0.1, 0.15) is 39.0 Å². The highest BCUT2D eigenvalue weighted by Crippen LogP contribution is 2.34. The predicted molar refractivity (Wildman–Crippen MR) is 88.7 cm³/mol. The van der Waals surface area contributed by atoms with Crippen molar-refractivity contribution in [1.82, 2.24) is 9.62 Å². The molecule has 0 aliphatic rings. The van der Waals surface area contributed by atoms with E-state index in [0.717, 1.165) is 11.3 Å². The lowest BCUT2D eigenvalue weighted by molar-refractivity contribution is 0.380. The lowest BCUT2D eigenvalue weighted by Gasteiger charge is -2.22. The molecule has 1 aromatic rings. The predicted octanol–water partition coefficient (Wildman–Crippen LogP) is 3.43. The van der Waals surface area contributed by atoms with Crippen LogP contribution in [0.3, 0.4) is 0 Å². The molecule has 1 atom stereocenters. The van der Waals surface area contributed by atoms with Crippen LogP contribution in [0.4, 0.5) is 0 Å². The Balaban J connectivity index is 3.01. The molecule has 4 nitrogen and oxygen atoms in total. The molecular weight excluding hydrogens is 360 g/mol. The Kier molecular flexibility index (Phi) is 6.66. The summed E-state index contributed by atoms with van der Waals surface area (Å²) in [5.41, 5.74) is 0. The molecule has 1 N–H and O–H groups in total. The van der Waals surface area contributed by atoms with Crippen molar-refractivity contribution < 1.29 is 8.42 Å². The van der Waals surface area contributed by atoms with Crippen LogP contribution in [0.25, 0.3) is 0 Å². The van der Waals surface area contributed by atoms with E-state index in [1.54, 1.807) is 13.1 Å². The van der Waals surface area contributed by atoms with Crippen LogP contribution in [0.5, 0.6) is 0 Å². The monoisotopic (exact) mass is 382 g/mol. The van der Waals surface area contributed by atoms with E-state index in [9.17, 15) is 8.42 Å². The van der Waals surface area contributed by atoms with Crippen molar-refractivity contribution in [1.29, 1.82) is 0 Å². The summed E-state index contributed by atoms with van der Waals surface area (Å²) < 4.78 is 27.3. The zero-order valence-corrected chi connectivity index (χ0v) is 15.8. The van der Waals surface area contributed by atoms with Crippen LogP contribution < -0.4 is 5.32 Å². The molecule has 116 valence electrons. The number of thiophene rings is 1. The first kappa shape index (κ1) is 18.1. The second-order valence-corrected chi connectivity index (χ2v) is 9.59. The van der Waals surface area contributed by atoms with Gasteiger partial charge in [0.25, 0.3) is 0 Å². The standard InChI is InChI=1S/C13H23BrN2O2S2/c1-6-10(4)16(5)20(17,18)12-7-11(19-13(12)14)8-15-9(2)3/h7,9-10,15H,6,8H2,1-5H3. The van der Waals surface area contributed by atoms with Crippen LogP contribution in [-0.2, 0) is 16.6 Å². The zero-order valence-electron chi connectivity index (χ0n) is 12.6. The molecule has 1 rings (SSSR count).